The zero-order valence-corrected chi connectivity index (χ0v) is 60.6. The summed E-state index contributed by atoms with van der Waals surface area (Å²) < 4.78 is 42.8. The van der Waals surface area contributed by atoms with Crippen molar-refractivity contribution in [2.75, 3.05) is 0 Å². The molecule has 4 aromatic rings. The quantitative estimate of drug-likeness (QED) is 0.0350. The van der Waals surface area contributed by atoms with Crippen molar-refractivity contribution >= 4 is 37.7 Å². The topological polar surface area (TPSA) is 55.4 Å². The predicted molar refractivity (Wildman–Crippen MR) is 385 cm³/mol. The predicted octanol–water partition coefficient (Wildman–Crippen LogP) is 21.2. The van der Waals surface area contributed by atoms with Crippen molar-refractivity contribution in [3.63, 3.8) is 0 Å². The van der Waals surface area contributed by atoms with Crippen LogP contribution in [0.15, 0.2) is 54.6 Å². The van der Waals surface area contributed by atoms with Gasteiger partial charge in [0.25, 0.3) is 0 Å². The van der Waals surface area contributed by atoms with Gasteiger partial charge in [0.05, 0.1) is 33.6 Å². The third-order valence-corrected chi connectivity index (χ3v) is 24.7. The van der Waals surface area contributed by atoms with E-state index < -0.39 is 55.0 Å². The van der Waals surface area contributed by atoms with Gasteiger partial charge in [0, 0.05) is 16.2 Å². The average molecular weight is 1230 g/mol. The van der Waals surface area contributed by atoms with Gasteiger partial charge < -0.3 is 27.9 Å². The molecule has 6 aliphatic rings. The Morgan fingerprint density at radius 2 is 0.444 bits per heavy atom. The molecule has 10 rings (SSSR count). The SMILES string of the molecule is CCCCCCC1(CCCCCC)c2ccc(B3OC(C)(C)C(C)(C)O3)cc2-c2c1c1c(c3c2C(CCCCCC)(CCCCCC)c2ccc(B4OC(C)(C)C(C)(C)O4)cc2-3)C(CCCCCC)(CCCCCC)c2ccc(B3OC(C)(C)C(C)(C)O3)cc2-1. The molecule has 0 unspecified atom stereocenters. The molecule has 0 spiro atoms. The van der Waals surface area contributed by atoms with Crippen LogP contribution in [0.4, 0.5) is 0 Å². The van der Waals surface area contributed by atoms with E-state index in [4.69, 9.17) is 27.9 Å². The van der Waals surface area contributed by atoms with Crippen LogP contribution in [0.2, 0.25) is 0 Å². The largest absolute Gasteiger partial charge is 0.494 e. The summed E-state index contributed by atoms with van der Waals surface area (Å²) in [4.78, 5) is 0. The van der Waals surface area contributed by atoms with E-state index in [1.807, 2.05) is 0 Å². The lowest BCUT2D eigenvalue weighted by atomic mass is 9.63. The van der Waals surface area contributed by atoms with Crippen LogP contribution in [0.5, 0.6) is 0 Å². The fourth-order valence-electron chi connectivity index (χ4n) is 17.4. The van der Waals surface area contributed by atoms with Crippen molar-refractivity contribution < 1.29 is 27.9 Å². The molecule has 0 N–H and O–H groups in total. The van der Waals surface area contributed by atoms with Crippen LogP contribution in [0.25, 0.3) is 33.4 Å². The minimum absolute atomic E-state index is 0.239. The number of benzene rings is 4. The Hall–Kier alpha value is -3.17. The van der Waals surface area contributed by atoms with E-state index in [0.29, 0.717) is 0 Å². The molecule has 3 aliphatic carbocycles. The fourth-order valence-corrected chi connectivity index (χ4v) is 17.4. The van der Waals surface area contributed by atoms with Gasteiger partial charge in [-0.25, -0.2) is 0 Å². The summed E-state index contributed by atoms with van der Waals surface area (Å²) in [5.41, 5.74) is 18.5. The first kappa shape index (κ1) is 69.7. The molecule has 90 heavy (non-hydrogen) atoms. The summed E-state index contributed by atoms with van der Waals surface area (Å²) in [5, 5.41) is 0. The molecule has 9 heteroatoms. The molecule has 3 heterocycles. The maximum absolute atomic E-state index is 7.14. The molecule has 6 nitrogen and oxygen atoms in total. The maximum atomic E-state index is 7.14. The standard InChI is InChI=1S/C81H123B3O6/c1-19-25-31-37-49-79(50-38-32-26-20-2)64-46-43-58(82-85-73(7,8)74(9,10)86-82)55-61(64)67-70(79)68-62-56-59(83-87-75(11,12)76(13,14)88-83)44-47-65(62)80(51-39-33-27-21-3,52-40-34-28-22-4)72(68)69-63-57-60(84-89-77(15,16)78(17,18)90-84)45-48-66(63)81(71(67)69,53-41-35-29-23-5)54-42-36-30-24-6/h43-48,55-57H,19-42,49-54H2,1-18H3. The molecule has 0 saturated carbocycles. The first-order chi connectivity index (χ1) is 42.8. The van der Waals surface area contributed by atoms with E-state index in [9.17, 15) is 0 Å². The van der Waals surface area contributed by atoms with Crippen molar-refractivity contribution in [1.29, 1.82) is 0 Å². The van der Waals surface area contributed by atoms with Gasteiger partial charge in [-0.2, -0.15) is 0 Å². The first-order valence-corrected chi connectivity index (χ1v) is 37.6. The summed E-state index contributed by atoms with van der Waals surface area (Å²) in [6, 6.07) is 23.2. The van der Waals surface area contributed by atoms with Gasteiger partial charge >= 0.3 is 21.4 Å². The van der Waals surface area contributed by atoms with Gasteiger partial charge in [0.1, 0.15) is 0 Å². The zero-order chi connectivity index (χ0) is 64.7. The number of unbranched alkanes of at least 4 members (excludes halogenated alkanes) is 18. The molecule has 0 atom stereocenters. The lowest BCUT2D eigenvalue weighted by molar-refractivity contribution is 0.00578. The van der Waals surface area contributed by atoms with Crippen LogP contribution in [0.3, 0.4) is 0 Å². The highest BCUT2D eigenvalue weighted by Crippen LogP contribution is 2.71. The van der Waals surface area contributed by atoms with Crippen LogP contribution in [-0.2, 0) is 44.2 Å². The molecule has 3 aliphatic heterocycles. The van der Waals surface area contributed by atoms with Crippen molar-refractivity contribution in [2.45, 2.75) is 367 Å². The lowest BCUT2D eigenvalue weighted by Gasteiger charge is -2.39. The molecule has 0 bridgehead atoms. The van der Waals surface area contributed by atoms with E-state index >= 15 is 0 Å². The molecule has 0 aromatic heterocycles. The van der Waals surface area contributed by atoms with Crippen molar-refractivity contribution in [3.05, 3.63) is 88.0 Å². The highest BCUT2D eigenvalue weighted by Gasteiger charge is 2.60. The molecule has 4 aromatic carbocycles. The summed E-state index contributed by atoms with van der Waals surface area (Å²) in [6.07, 6.45) is 36.3. The highest BCUT2D eigenvalue weighted by atomic mass is 16.7. The normalized spacial score (nSPS) is 20.8. The molecule has 492 valence electrons. The number of hydrogen-bond donors (Lipinski definition) is 0. The third-order valence-electron chi connectivity index (χ3n) is 24.7. The maximum Gasteiger partial charge on any atom is 0.494 e. The second kappa shape index (κ2) is 27.5. The Bertz CT molecular complexity index is 2700. The van der Waals surface area contributed by atoms with Crippen molar-refractivity contribution in [2.24, 2.45) is 0 Å². The van der Waals surface area contributed by atoms with Gasteiger partial charge in [-0.05, 0) is 205 Å². The Kier molecular flexibility index (Phi) is 21.3. The Morgan fingerprint density at radius 3 is 0.622 bits per heavy atom. The Labute approximate surface area is 551 Å². The Balaban J connectivity index is 1.43. The van der Waals surface area contributed by atoms with E-state index in [2.05, 4.69) is 179 Å². The van der Waals surface area contributed by atoms with Gasteiger partial charge in [0.2, 0.25) is 0 Å². The smallest absolute Gasteiger partial charge is 0.399 e. The number of fused-ring (bicyclic) bond motifs is 12. The summed E-state index contributed by atoms with van der Waals surface area (Å²) in [7, 11) is -1.44. The monoisotopic (exact) mass is 1220 g/mol. The van der Waals surface area contributed by atoms with Crippen LogP contribution in [-0.4, -0.2) is 55.0 Å². The van der Waals surface area contributed by atoms with E-state index in [-0.39, 0.29) is 16.2 Å². The molecular weight excluding hydrogens is 1100 g/mol. The number of rotatable bonds is 33. The lowest BCUT2D eigenvalue weighted by Crippen LogP contribution is -2.41. The molecule has 0 amide bonds. The van der Waals surface area contributed by atoms with Crippen LogP contribution in [0.1, 0.15) is 351 Å². The molecule has 3 fully saturated rings. The van der Waals surface area contributed by atoms with E-state index in [0.717, 1.165) is 54.9 Å². The summed E-state index contributed by atoms with van der Waals surface area (Å²) >= 11 is 0. The van der Waals surface area contributed by atoms with Gasteiger partial charge in [-0.15, -0.1) is 0 Å². The Morgan fingerprint density at radius 1 is 0.256 bits per heavy atom. The molecular formula is C81H123B3O6. The second-order valence-corrected chi connectivity index (χ2v) is 32.5. The van der Waals surface area contributed by atoms with E-state index in [1.54, 1.807) is 50.1 Å². The number of hydrogen-bond acceptors (Lipinski definition) is 6. The second-order valence-electron chi connectivity index (χ2n) is 32.5. The van der Waals surface area contributed by atoms with Crippen molar-refractivity contribution in [1.82, 2.24) is 0 Å². The minimum Gasteiger partial charge on any atom is -0.399 e. The van der Waals surface area contributed by atoms with E-state index in [1.165, 1.54) is 171 Å². The fraction of sp³-hybridized carbons (Fsp3) is 0.704. The first-order valence-electron chi connectivity index (χ1n) is 37.6. The van der Waals surface area contributed by atoms with Crippen LogP contribution < -0.4 is 16.4 Å². The van der Waals surface area contributed by atoms with Crippen LogP contribution in [0, 0.1) is 0 Å². The summed E-state index contributed by atoms with van der Waals surface area (Å²) in [5.74, 6) is 0. The summed E-state index contributed by atoms with van der Waals surface area (Å²) in [6.45, 7) is 41.0. The van der Waals surface area contributed by atoms with Gasteiger partial charge in [-0.3, -0.25) is 0 Å². The van der Waals surface area contributed by atoms with Gasteiger partial charge in [-0.1, -0.05) is 250 Å². The highest BCUT2D eigenvalue weighted by molar-refractivity contribution is 6.63. The van der Waals surface area contributed by atoms with Crippen LogP contribution >= 0.6 is 0 Å². The molecule has 3 saturated heterocycles. The minimum atomic E-state index is -0.482. The zero-order valence-electron chi connectivity index (χ0n) is 60.6. The third kappa shape index (κ3) is 12.5. The average Bonchev–Trinajstić information content (AvgIpc) is 1.51. The molecule has 0 radical (unpaired) electrons. The van der Waals surface area contributed by atoms with Crippen molar-refractivity contribution in [3.8, 4) is 33.4 Å². The van der Waals surface area contributed by atoms with Gasteiger partial charge in [0.15, 0.2) is 0 Å².